The zero-order valence-electron chi connectivity index (χ0n) is 7.93. The lowest BCUT2D eigenvalue weighted by atomic mass is 10.4. The highest BCUT2D eigenvalue weighted by molar-refractivity contribution is 5.87. The van der Waals surface area contributed by atoms with E-state index in [1.165, 1.54) is 18.6 Å². The molecule has 0 amide bonds. The van der Waals surface area contributed by atoms with Crippen LogP contribution in [0.15, 0.2) is 18.6 Å². The Hall–Kier alpha value is -2.24. The molecule has 0 spiro atoms. The lowest BCUT2D eigenvalue weighted by Crippen LogP contribution is -1.98. The van der Waals surface area contributed by atoms with Crippen LogP contribution in [0.4, 0.5) is 0 Å². The summed E-state index contributed by atoms with van der Waals surface area (Å²) in [5.41, 5.74) is 1.03. The number of aromatic nitrogens is 4. The van der Waals surface area contributed by atoms with Crippen molar-refractivity contribution in [2.45, 2.75) is 6.92 Å². The van der Waals surface area contributed by atoms with Crippen LogP contribution in [-0.4, -0.2) is 31.0 Å². The molecule has 0 unspecified atom stereocenters. The van der Waals surface area contributed by atoms with Gasteiger partial charge in [-0.2, -0.15) is 0 Å². The van der Waals surface area contributed by atoms with Crippen LogP contribution in [0.1, 0.15) is 16.2 Å². The van der Waals surface area contributed by atoms with Gasteiger partial charge in [0.05, 0.1) is 6.20 Å². The third-order valence-corrected chi connectivity index (χ3v) is 1.89. The van der Waals surface area contributed by atoms with E-state index >= 15 is 0 Å². The second-order valence-corrected chi connectivity index (χ2v) is 2.95. The third-order valence-electron chi connectivity index (χ3n) is 1.89. The van der Waals surface area contributed by atoms with Crippen LogP contribution in [0.5, 0.6) is 0 Å². The third kappa shape index (κ3) is 1.69. The summed E-state index contributed by atoms with van der Waals surface area (Å²) in [6.07, 6.45) is 4.58. The summed E-state index contributed by atoms with van der Waals surface area (Å²) >= 11 is 0. The zero-order valence-corrected chi connectivity index (χ0v) is 7.93. The molecule has 0 saturated heterocycles. The Balaban J connectivity index is 2.48. The highest BCUT2D eigenvalue weighted by Crippen LogP contribution is 2.14. The predicted molar refractivity (Wildman–Crippen MR) is 51.3 cm³/mol. The Kier molecular flexibility index (Phi) is 2.17. The number of nitrogens with zero attached hydrogens (tertiary/aromatic N) is 3. The maximum atomic E-state index is 10.7. The van der Waals surface area contributed by atoms with Gasteiger partial charge in [-0.15, -0.1) is 0 Å². The highest BCUT2D eigenvalue weighted by atomic mass is 16.4. The van der Waals surface area contributed by atoms with Crippen LogP contribution >= 0.6 is 0 Å². The van der Waals surface area contributed by atoms with Crippen molar-refractivity contribution in [2.75, 3.05) is 0 Å². The fourth-order valence-electron chi connectivity index (χ4n) is 1.21. The highest BCUT2D eigenvalue weighted by Gasteiger charge is 2.14. The van der Waals surface area contributed by atoms with Crippen molar-refractivity contribution in [1.29, 1.82) is 0 Å². The van der Waals surface area contributed by atoms with E-state index in [1.54, 1.807) is 6.92 Å². The summed E-state index contributed by atoms with van der Waals surface area (Å²) in [6, 6.07) is 0. The van der Waals surface area contributed by atoms with Gasteiger partial charge in [0.15, 0.2) is 11.5 Å². The number of aromatic amines is 1. The standard InChI is InChI=1S/C9H8N4O2/c1-5-7(9(14)15)13-8(12-5)6-4-10-2-3-11-6/h2-4H,1H3,(H,12,13)(H,14,15). The molecular weight excluding hydrogens is 196 g/mol. The smallest absolute Gasteiger partial charge is 0.356 e. The van der Waals surface area contributed by atoms with E-state index in [0.717, 1.165) is 0 Å². The summed E-state index contributed by atoms with van der Waals surface area (Å²) in [6.45, 7) is 1.65. The molecular formula is C9H8N4O2. The molecule has 2 N–H and O–H groups in total. The largest absolute Gasteiger partial charge is 0.476 e. The summed E-state index contributed by atoms with van der Waals surface area (Å²) in [7, 11) is 0. The zero-order chi connectivity index (χ0) is 10.8. The Morgan fingerprint density at radius 1 is 1.47 bits per heavy atom. The lowest BCUT2D eigenvalue weighted by molar-refractivity contribution is 0.0690. The summed E-state index contributed by atoms with van der Waals surface area (Å²) in [4.78, 5) is 25.4. The first-order valence-electron chi connectivity index (χ1n) is 4.25. The molecule has 2 rings (SSSR count). The molecule has 0 aliphatic rings. The Morgan fingerprint density at radius 2 is 2.27 bits per heavy atom. The van der Waals surface area contributed by atoms with E-state index in [9.17, 15) is 4.79 Å². The molecule has 0 atom stereocenters. The molecule has 0 bridgehead atoms. The second kappa shape index (κ2) is 3.49. The summed E-state index contributed by atoms with van der Waals surface area (Å²) in [5.74, 6) is -0.642. The Labute approximate surface area is 85.0 Å². The minimum atomic E-state index is -1.06. The fourth-order valence-corrected chi connectivity index (χ4v) is 1.21. The van der Waals surface area contributed by atoms with Crippen LogP contribution in [0.2, 0.25) is 0 Å². The van der Waals surface area contributed by atoms with Gasteiger partial charge in [-0.05, 0) is 6.92 Å². The molecule has 0 aromatic carbocycles. The molecule has 6 heteroatoms. The number of H-pyrrole nitrogens is 1. The second-order valence-electron chi connectivity index (χ2n) is 2.95. The number of aromatic carboxylic acids is 1. The van der Waals surface area contributed by atoms with E-state index in [4.69, 9.17) is 5.11 Å². The number of carboxylic acid groups (broad SMARTS) is 1. The molecule has 0 fully saturated rings. The first kappa shape index (κ1) is 9.32. The molecule has 6 nitrogen and oxygen atoms in total. The molecule has 0 radical (unpaired) electrons. The molecule has 2 heterocycles. The van der Waals surface area contributed by atoms with E-state index < -0.39 is 5.97 Å². The van der Waals surface area contributed by atoms with Crippen LogP contribution in [0.3, 0.4) is 0 Å². The molecule has 2 aromatic rings. The minimum Gasteiger partial charge on any atom is -0.476 e. The van der Waals surface area contributed by atoms with Crippen molar-refractivity contribution in [3.8, 4) is 11.5 Å². The predicted octanol–water partition coefficient (Wildman–Crippen LogP) is 0.873. The van der Waals surface area contributed by atoms with Gasteiger partial charge < -0.3 is 10.1 Å². The monoisotopic (exact) mass is 204 g/mol. The first-order valence-corrected chi connectivity index (χ1v) is 4.25. The lowest BCUT2D eigenvalue weighted by Gasteiger charge is -1.91. The molecule has 0 aliphatic heterocycles. The quantitative estimate of drug-likeness (QED) is 0.757. The van der Waals surface area contributed by atoms with Gasteiger partial charge in [-0.3, -0.25) is 4.98 Å². The first-order chi connectivity index (χ1) is 7.18. The van der Waals surface area contributed by atoms with Crippen LogP contribution in [0, 0.1) is 6.92 Å². The number of carbonyl (C=O) groups is 1. The van der Waals surface area contributed by atoms with Crippen LogP contribution in [-0.2, 0) is 0 Å². The number of aryl methyl sites for hydroxylation is 1. The van der Waals surface area contributed by atoms with Gasteiger partial charge >= 0.3 is 5.97 Å². The number of hydrogen-bond acceptors (Lipinski definition) is 4. The normalized spacial score (nSPS) is 10.2. The number of nitrogens with one attached hydrogen (secondary N) is 1. The van der Waals surface area contributed by atoms with Crippen molar-refractivity contribution in [3.05, 3.63) is 30.0 Å². The van der Waals surface area contributed by atoms with Crippen molar-refractivity contribution in [2.24, 2.45) is 0 Å². The topological polar surface area (TPSA) is 91.8 Å². The Bertz CT molecular complexity index is 492. The van der Waals surface area contributed by atoms with Gasteiger partial charge in [0.1, 0.15) is 5.69 Å². The summed E-state index contributed by atoms with van der Waals surface area (Å²) < 4.78 is 0. The number of carboxylic acids is 1. The average molecular weight is 204 g/mol. The van der Waals surface area contributed by atoms with Gasteiger partial charge in [0.2, 0.25) is 0 Å². The van der Waals surface area contributed by atoms with Crippen molar-refractivity contribution < 1.29 is 9.90 Å². The van der Waals surface area contributed by atoms with Crippen molar-refractivity contribution >= 4 is 5.97 Å². The van der Waals surface area contributed by atoms with E-state index in [2.05, 4.69) is 19.9 Å². The molecule has 0 aliphatic carbocycles. The van der Waals surface area contributed by atoms with Crippen LogP contribution < -0.4 is 0 Å². The van der Waals surface area contributed by atoms with Gasteiger partial charge in [0.25, 0.3) is 0 Å². The van der Waals surface area contributed by atoms with Gasteiger partial charge in [-0.25, -0.2) is 14.8 Å². The number of rotatable bonds is 2. The van der Waals surface area contributed by atoms with Crippen LogP contribution in [0.25, 0.3) is 11.5 Å². The number of hydrogen-bond donors (Lipinski definition) is 2. The number of imidazole rings is 1. The molecule has 0 saturated carbocycles. The van der Waals surface area contributed by atoms with E-state index in [1.807, 2.05) is 0 Å². The molecule has 15 heavy (non-hydrogen) atoms. The van der Waals surface area contributed by atoms with E-state index in [0.29, 0.717) is 17.2 Å². The van der Waals surface area contributed by atoms with Crippen molar-refractivity contribution in [1.82, 2.24) is 19.9 Å². The minimum absolute atomic E-state index is 0.00986. The maximum absolute atomic E-state index is 10.7. The SMILES string of the molecule is Cc1[nH]c(-c2cnccn2)nc1C(=O)O. The average Bonchev–Trinajstić information content (AvgIpc) is 2.62. The fraction of sp³-hybridized carbons (Fsp3) is 0.111. The van der Waals surface area contributed by atoms with E-state index in [-0.39, 0.29) is 5.69 Å². The van der Waals surface area contributed by atoms with Gasteiger partial charge in [-0.1, -0.05) is 0 Å². The maximum Gasteiger partial charge on any atom is 0.356 e. The van der Waals surface area contributed by atoms with Crippen molar-refractivity contribution in [3.63, 3.8) is 0 Å². The molecule has 2 aromatic heterocycles. The molecule has 76 valence electrons. The van der Waals surface area contributed by atoms with Gasteiger partial charge in [0, 0.05) is 18.1 Å². The Morgan fingerprint density at radius 3 is 2.80 bits per heavy atom. The summed E-state index contributed by atoms with van der Waals surface area (Å²) in [5, 5.41) is 8.81.